The van der Waals surface area contributed by atoms with Crippen LogP contribution in [0.25, 0.3) is 17.2 Å². The molecule has 0 aliphatic rings. The smallest absolute Gasteiger partial charge is 0.187 e. The number of ether oxygens (including phenoxy) is 2. The summed E-state index contributed by atoms with van der Waals surface area (Å²) in [6.07, 6.45) is 0.800. The molecule has 0 radical (unpaired) electrons. The number of hydrogen-bond acceptors (Lipinski definition) is 11. The Labute approximate surface area is 239 Å². The van der Waals surface area contributed by atoms with Crippen molar-refractivity contribution in [2.75, 3.05) is 20.3 Å². The Bertz CT molecular complexity index is 1590. The summed E-state index contributed by atoms with van der Waals surface area (Å²) in [6.45, 7) is 6.19. The predicted octanol–water partition coefficient (Wildman–Crippen LogP) is 2.47. The van der Waals surface area contributed by atoms with Crippen LogP contribution in [-0.2, 0) is 20.3 Å². The van der Waals surface area contributed by atoms with E-state index in [-0.39, 0.29) is 18.3 Å². The van der Waals surface area contributed by atoms with Crippen molar-refractivity contribution in [2.45, 2.75) is 50.9 Å². The van der Waals surface area contributed by atoms with Gasteiger partial charge in [0.15, 0.2) is 27.3 Å². The van der Waals surface area contributed by atoms with Gasteiger partial charge >= 0.3 is 0 Å². The van der Waals surface area contributed by atoms with E-state index in [1.54, 1.807) is 29.1 Å². The first-order valence-electron chi connectivity index (χ1n) is 13.0. The van der Waals surface area contributed by atoms with Gasteiger partial charge in [0.05, 0.1) is 31.3 Å². The maximum absolute atomic E-state index is 13.9. The summed E-state index contributed by atoms with van der Waals surface area (Å²) in [4.78, 5) is 13.1. The van der Waals surface area contributed by atoms with Crippen molar-refractivity contribution in [2.24, 2.45) is 0 Å². The molecule has 0 fully saturated rings. The average Bonchev–Trinajstić information content (AvgIpc) is 3.35. The molecule has 0 aliphatic carbocycles. The number of aromatic nitrogens is 6. The Kier molecular flexibility index (Phi) is 9.43. The van der Waals surface area contributed by atoms with Gasteiger partial charge in [-0.3, -0.25) is 4.57 Å². The van der Waals surface area contributed by atoms with E-state index >= 15 is 0 Å². The van der Waals surface area contributed by atoms with E-state index in [2.05, 4.69) is 25.1 Å². The van der Waals surface area contributed by atoms with Crippen molar-refractivity contribution in [3.8, 4) is 23.0 Å². The van der Waals surface area contributed by atoms with Gasteiger partial charge in [-0.05, 0) is 57.0 Å². The molecule has 0 aliphatic heterocycles. The molecule has 2 N–H and O–H groups in total. The van der Waals surface area contributed by atoms with Crippen LogP contribution in [0.5, 0.6) is 5.75 Å². The van der Waals surface area contributed by atoms with Gasteiger partial charge < -0.3 is 19.7 Å². The van der Waals surface area contributed by atoms with Crippen molar-refractivity contribution < 1.29 is 28.1 Å². The van der Waals surface area contributed by atoms with Crippen LogP contribution in [0.3, 0.4) is 0 Å². The summed E-state index contributed by atoms with van der Waals surface area (Å²) in [5.41, 5.74) is 3.48. The second kappa shape index (κ2) is 12.8. The molecule has 218 valence electrons. The monoisotopic (exact) mass is 582 g/mol. The molecule has 4 rings (SSSR count). The molecule has 41 heavy (non-hydrogen) atoms. The van der Waals surface area contributed by atoms with E-state index in [0.29, 0.717) is 23.0 Å². The summed E-state index contributed by atoms with van der Waals surface area (Å²) >= 11 is 0. The third-order valence-electron chi connectivity index (χ3n) is 6.55. The minimum atomic E-state index is -4.00. The maximum atomic E-state index is 13.9. The predicted molar refractivity (Wildman–Crippen MR) is 151 cm³/mol. The van der Waals surface area contributed by atoms with Gasteiger partial charge in [0.2, 0.25) is 0 Å². The fourth-order valence-corrected chi connectivity index (χ4v) is 5.68. The molecule has 0 saturated heterocycles. The molecule has 12 nitrogen and oxygen atoms in total. The fourth-order valence-electron chi connectivity index (χ4n) is 4.30. The molecule has 1 aromatic carbocycles. The van der Waals surface area contributed by atoms with Gasteiger partial charge in [-0.25, -0.2) is 23.4 Å². The van der Waals surface area contributed by atoms with Crippen LogP contribution in [0.4, 0.5) is 0 Å². The first-order chi connectivity index (χ1) is 19.6. The summed E-state index contributed by atoms with van der Waals surface area (Å²) in [5.74, 6) is 0.668. The first-order valence-corrected chi connectivity index (χ1v) is 14.7. The van der Waals surface area contributed by atoms with E-state index in [9.17, 15) is 18.6 Å². The van der Waals surface area contributed by atoms with Gasteiger partial charge in [-0.15, -0.1) is 10.2 Å². The van der Waals surface area contributed by atoms with Crippen LogP contribution in [-0.4, -0.2) is 80.0 Å². The molecule has 3 aromatic heterocycles. The lowest BCUT2D eigenvalue weighted by atomic mass is 10.1. The number of rotatable bonds is 12. The number of nitrogens with zero attached hydrogens (tertiary/aromatic N) is 6. The van der Waals surface area contributed by atoms with E-state index < -0.39 is 39.7 Å². The van der Waals surface area contributed by atoms with Crippen LogP contribution in [0.2, 0.25) is 0 Å². The van der Waals surface area contributed by atoms with Gasteiger partial charge in [-0.2, -0.15) is 0 Å². The normalized spacial score (nSPS) is 14.0. The molecule has 3 atom stereocenters. The van der Waals surface area contributed by atoms with Gasteiger partial charge in [0.1, 0.15) is 29.4 Å². The molecular formula is C28H34N6O6S. The maximum Gasteiger partial charge on any atom is 0.187 e. The highest BCUT2D eigenvalue weighted by atomic mass is 32.2. The highest BCUT2D eigenvalue weighted by molar-refractivity contribution is 7.91. The Morgan fingerprint density at radius 2 is 1.73 bits per heavy atom. The molecule has 0 saturated carbocycles. The number of sulfone groups is 1. The van der Waals surface area contributed by atoms with Crippen LogP contribution in [0.1, 0.15) is 41.5 Å². The van der Waals surface area contributed by atoms with E-state index in [1.165, 1.54) is 14.0 Å². The lowest BCUT2D eigenvalue weighted by Crippen LogP contribution is -2.33. The Morgan fingerprint density at radius 1 is 1.02 bits per heavy atom. The number of aliphatic hydroxyl groups is 2. The first kappa shape index (κ1) is 30.2. The Balaban J connectivity index is 1.80. The van der Waals surface area contributed by atoms with E-state index in [4.69, 9.17) is 9.47 Å². The minimum absolute atomic E-state index is 0.142. The van der Waals surface area contributed by atoms with Crippen molar-refractivity contribution in [3.63, 3.8) is 0 Å². The molecule has 0 spiro atoms. The summed E-state index contributed by atoms with van der Waals surface area (Å²) in [7, 11) is -2.46. The van der Waals surface area contributed by atoms with Crippen LogP contribution >= 0.6 is 0 Å². The van der Waals surface area contributed by atoms with Crippen molar-refractivity contribution in [3.05, 3.63) is 77.3 Å². The van der Waals surface area contributed by atoms with Crippen molar-refractivity contribution in [1.29, 1.82) is 0 Å². The van der Waals surface area contributed by atoms with Gasteiger partial charge in [-0.1, -0.05) is 18.2 Å². The number of aliphatic hydroxyl groups excluding tert-OH is 2. The van der Waals surface area contributed by atoms with Crippen LogP contribution in [0, 0.1) is 20.8 Å². The third kappa shape index (κ3) is 6.76. The second-order valence-electron chi connectivity index (χ2n) is 9.79. The summed E-state index contributed by atoms with van der Waals surface area (Å²) in [5, 5.41) is 26.6. The lowest BCUT2D eigenvalue weighted by Gasteiger charge is -2.24. The standard InChI is InChI=1S/C28H34N6O6S/c1-17-12-29-27(30-13-17)26(40-15-21(36)14-35)20(4)41(37,38)16-24-32-33-28(22-10-7-9-19(3)31-22)34(24)25-18(2)8-6-11-23(25)39-5/h6-13,20-21,26,35-36H,14-16H2,1-5H3/t20-,21+,26-/m0/s1. The fraction of sp³-hybridized carbons (Fsp3) is 0.393. The molecule has 0 unspecified atom stereocenters. The molecular weight excluding hydrogens is 548 g/mol. The summed E-state index contributed by atoms with van der Waals surface area (Å²) in [6, 6.07) is 11.0. The Hall–Kier alpha value is -3.78. The SMILES string of the molecule is COc1cccc(C)c1-n1c(CS(=O)(=O)[C@@H](C)[C@H](OC[C@H](O)CO)c2ncc(C)cn2)nnc1-c1cccc(C)n1. The largest absolute Gasteiger partial charge is 0.495 e. The van der Waals surface area contributed by atoms with Crippen LogP contribution in [0.15, 0.2) is 48.8 Å². The number of hydrogen-bond donors (Lipinski definition) is 2. The number of methoxy groups -OCH3 is 1. The number of aryl methyl sites for hydroxylation is 3. The molecule has 4 aromatic rings. The lowest BCUT2D eigenvalue weighted by molar-refractivity contribution is -0.0324. The zero-order valence-electron chi connectivity index (χ0n) is 23.6. The Morgan fingerprint density at radius 3 is 2.39 bits per heavy atom. The third-order valence-corrected chi connectivity index (χ3v) is 8.59. The highest BCUT2D eigenvalue weighted by Gasteiger charge is 2.36. The zero-order chi connectivity index (χ0) is 29.7. The van der Waals surface area contributed by atoms with Crippen molar-refractivity contribution >= 4 is 9.84 Å². The topological polar surface area (TPSA) is 162 Å². The zero-order valence-corrected chi connectivity index (χ0v) is 24.4. The molecule has 13 heteroatoms. The van der Waals surface area contributed by atoms with Gasteiger partial charge in [0.25, 0.3) is 0 Å². The summed E-state index contributed by atoms with van der Waals surface area (Å²) < 4.78 is 41.0. The number of benzene rings is 1. The number of pyridine rings is 1. The molecule has 0 bridgehead atoms. The van der Waals surface area contributed by atoms with E-state index in [1.807, 2.05) is 45.0 Å². The second-order valence-corrected chi connectivity index (χ2v) is 12.1. The molecule has 3 heterocycles. The van der Waals surface area contributed by atoms with Crippen LogP contribution < -0.4 is 4.74 Å². The quantitative estimate of drug-likeness (QED) is 0.252. The minimum Gasteiger partial charge on any atom is -0.495 e. The van der Waals surface area contributed by atoms with E-state index in [0.717, 1.165) is 16.8 Å². The average molecular weight is 583 g/mol. The number of para-hydroxylation sites is 1. The van der Waals surface area contributed by atoms with Gasteiger partial charge in [0, 0.05) is 18.1 Å². The molecule has 0 amide bonds. The highest BCUT2D eigenvalue weighted by Crippen LogP contribution is 2.33. The van der Waals surface area contributed by atoms with Crippen molar-refractivity contribution in [1.82, 2.24) is 29.7 Å².